The smallest absolute Gasteiger partial charge is 0.117 e. The molecule has 0 unspecified atom stereocenters. The average molecular weight is 372 g/mol. The Morgan fingerprint density at radius 2 is 1.83 bits per heavy atom. The van der Waals surface area contributed by atoms with Crippen molar-refractivity contribution < 1.29 is 5.32 Å². The summed E-state index contributed by atoms with van der Waals surface area (Å²) < 4.78 is 2.43. The maximum atomic E-state index is 3.88. The molecule has 0 saturated heterocycles. The molecule has 1 nitrogen and oxygen atoms in total. The van der Waals surface area contributed by atoms with E-state index in [9.17, 15) is 0 Å². The van der Waals surface area contributed by atoms with Crippen molar-refractivity contribution in [2.75, 3.05) is 0 Å². The molecule has 2 atom stereocenters. The van der Waals surface area contributed by atoms with Crippen LogP contribution in [0.4, 0.5) is 0 Å². The van der Waals surface area contributed by atoms with Crippen molar-refractivity contribution in [3.63, 3.8) is 0 Å². The summed E-state index contributed by atoms with van der Waals surface area (Å²) in [6, 6.07) is 5.30. The predicted molar refractivity (Wildman–Crippen MR) is 83.6 cm³/mol. The molecular formula is C15H18Br2N+. The first-order chi connectivity index (χ1) is 8.67. The molecule has 1 heterocycles. The fraction of sp³-hybridized carbons (Fsp3) is 0.333. The molecular weight excluding hydrogens is 354 g/mol. The Balaban J connectivity index is 2.43. The fourth-order valence-electron chi connectivity index (χ4n) is 2.72. The van der Waals surface area contributed by atoms with Crippen LogP contribution in [0, 0.1) is 0 Å². The lowest BCUT2D eigenvalue weighted by atomic mass is 9.87. The number of hydrogen-bond donors (Lipinski definition) is 1. The first-order valence-corrected chi connectivity index (χ1v) is 7.79. The lowest BCUT2D eigenvalue weighted by Gasteiger charge is -2.30. The highest BCUT2D eigenvalue weighted by molar-refractivity contribution is 9.11. The quantitative estimate of drug-likeness (QED) is 0.773. The number of nitrogens with two attached hydrogens (primary N) is 1. The lowest BCUT2D eigenvalue weighted by Crippen LogP contribution is -2.92. The van der Waals surface area contributed by atoms with Gasteiger partial charge in [0.15, 0.2) is 0 Å². The third kappa shape index (κ3) is 2.79. The topological polar surface area (TPSA) is 16.6 Å². The summed E-state index contributed by atoms with van der Waals surface area (Å²) >= 11 is 7.38. The Hall–Kier alpha value is -0.380. The maximum absolute atomic E-state index is 3.88. The Kier molecular flexibility index (Phi) is 4.82. The van der Waals surface area contributed by atoms with Crippen molar-refractivity contribution in [1.82, 2.24) is 0 Å². The van der Waals surface area contributed by atoms with Crippen LogP contribution in [0.15, 0.2) is 46.4 Å². The van der Waals surface area contributed by atoms with Gasteiger partial charge in [0.05, 0.1) is 6.04 Å². The highest BCUT2D eigenvalue weighted by atomic mass is 79.9. The lowest BCUT2D eigenvalue weighted by molar-refractivity contribution is -0.730. The number of hydrogen-bond acceptors (Lipinski definition) is 0. The normalized spacial score (nSPS) is 22.3. The summed E-state index contributed by atoms with van der Waals surface area (Å²) in [4.78, 5) is 0. The van der Waals surface area contributed by atoms with E-state index in [0.29, 0.717) is 12.1 Å². The Bertz CT molecular complexity index is 468. The van der Waals surface area contributed by atoms with Gasteiger partial charge >= 0.3 is 0 Å². The van der Waals surface area contributed by atoms with Gasteiger partial charge < -0.3 is 5.32 Å². The van der Waals surface area contributed by atoms with Crippen molar-refractivity contribution in [1.29, 1.82) is 0 Å². The fourth-order valence-corrected chi connectivity index (χ4v) is 3.90. The third-order valence-electron chi connectivity index (χ3n) is 3.48. The molecule has 3 heteroatoms. The molecule has 0 bridgehead atoms. The molecule has 1 aromatic rings. The van der Waals surface area contributed by atoms with Gasteiger partial charge in [0, 0.05) is 33.8 Å². The Morgan fingerprint density at radius 1 is 1.17 bits per heavy atom. The molecule has 0 aromatic heterocycles. The summed E-state index contributed by atoms with van der Waals surface area (Å²) in [5.41, 5.74) is 2.86. The van der Waals surface area contributed by atoms with Crippen LogP contribution < -0.4 is 5.32 Å². The molecule has 0 spiro atoms. The van der Waals surface area contributed by atoms with Crippen LogP contribution in [0.25, 0.3) is 0 Å². The number of fused-ring (bicyclic) bond motifs is 1. The summed E-state index contributed by atoms with van der Waals surface area (Å²) in [5.74, 6) is 0. The molecule has 18 heavy (non-hydrogen) atoms. The van der Waals surface area contributed by atoms with E-state index >= 15 is 0 Å². The van der Waals surface area contributed by atoms with Gasteiger partial charge in [-0.3, -0.25) is 0 Å². The van der Waals surface area contributed by atoms with Crippen molar-refractivity contribution in [3.05, 3.63) is 57.5 Å². The van der Waals surface area contributed by atoms with E-state index in [-0.39, 0.29) is 0 Å². The van der Waals surface area contributed by atoms with E-state index in [0.717, 1.165) is 19.3 Å². The van der Waals surface area contributed by atoms with Gasteiger partial charge in [-0.2, -0.15) is 0 Å². The Morgan fingerprint density at radius 3 is 2.50 bits per heavy atom. The van der Waals surface area contributed by atoms with Crippen LogP contribution in [-0.2, 0) is 6.42 Å². The van der Waals surface area contributed by atoms with Gasteiger partial charge in [0.2, 0.25) is 0 Å². The number of quaternary nitrogens is 1. The molecule has 0 saturated carbocycles. The largest absolute Gasteiger partial charge is 0.337 e. The highest BCUT2D eigenvalue weighted by Crippen LogP contribution is 2.35. The number of benzene rings is 1. The van der Waals surface area contributed by atoms with Crippen LogP contribution in [0.3, 0.4) is 0 Å². The zero-order valence-corrected chi connectivity index (χ0v) is 13.5. The van der Waals surface area contributed by atoms with Crippen molar-refractivity contribution in [2.24, 2.45) is 0 Å². The van der Waals surface area contributed by atoms with Gasteiger partial charge in [-0.1, -0.05) is 44.0 Å². The van der Waals surface area contributed by atoms with E-state index in [1.807, 2.05) is 12.2 Å². The molecule has 0 aliphatic carbocycles. The van der Waals surface area contributed by atoms with Gasteiger partial charge in [-0.25, -0.2) is 0 Å². The second kappa shape index (κ2) is 6.18. The van der Waals surface area contributed by atoms with Crippen LogP contribution >= 0.6 is 31.9 Å². The second-order valence-electron chi connectivity index (χ2n) is 4.73. The zero-order valence-electron chi connectivity index (χ0n) is 10.3. The minimum absolute atomic E-state index is 0.461. The van der Waals surface area contributed by atoms with E-state index in [2.05, 4.69) is 62.5 Å². The molecule has 2 rings (SSSR count). The molecule has 0 radical (unpaired) electrons. The van der Waals surface area contributed by atoms with Crippen molar-refractivity contribution >= 4 is 31.9 Å². The molecule has 0 amide bonds. The van der Waals surface area contributed by atoms with Gasteiger partial charge in [-0.15, -0.1) is 13.2 Å². The molecule has 1 aliphatic heterocycles. The minimum atomic E-state index is 0.461. The van der Waals surface area contributed by atoms with Crippen LogP contribution in [0.2, 0.25) is 0 Å². The third-order valence-corrected chi connectivity index (χ3v) is 4.91. The summed E-state index contributed by atoms with van der Waals surface area (Å²) in [6.45, 7) is 7.74. The second-order valence-corrected chi connectivity index (χ2v) is 6.44. The SMILES string of the molecule is C=CC[C@@H]1Cc2c(Br)ccc(Br)c2[C@H](CC=C)[NH2+]1. The number of halogens is 2. The van der Waals surface area contributed by atoms with E-state index < -0.39 is 0 Å². The Labute approximate surface area is 126 Å². The zero-order chi connectivity index (χ0) is 13.1. The number of rotatable bonds is 4. The van der Waals surface area contributed by atoms with Gasteiger partial charge in [0.25, 0.3) is 0 Å². The predicted octanol–water partition coefficient (Wildman–Crippen LogP) is 3.89. The highest BCUT2D eigenvalue weighted by Gasteiger charge is 2.31. The summed E-state index contributed by atoms with van der Waals surface area (Å²) in [6.07, 6.45) is 7.16. The van der Waals surface area contributed by atoms with Crippen LogP contribution in [0.5, 0.6) is 0 Å². The monoisotopic (exact) mass is 370 g/mol. The summed E-state index contributed by atoms with van der Waals surface area (Å²) in [7, 11) is 0. The van der Waals surface area contributed by atoms with Crippen molar-refractivity contribution in [3.8, 4) is 0 Å². The molecule has 0 fully saturated rings. The van der Waals surface area contributed by atoms with Gasteiger partial charge in [-0.05, 0) is 17.7 Å². The van der Waals surface area contributed by atoms with Crippen molar-refractivity contribution in [2.45, 2.75) is 31.3 Å². The molecule has 1 aromatic carbocycles. The molecule has 1 aliphatic rings. The van der Waals surface area contributed by atoms with Gasteiger partial charge in [0.1, 0.15) is 6.04 Å². The summed E-state index contributed by atoms with van der Waals surface area (Å²) in [5, 5.41) is 2.46. The minimum Gasteiger partial charge on any atom is -0.337 e. The average Bonchev–Trinajstić information content (AvgIpc) is 2.34. The van der Waals surface area contributed by atoms with E-state index in [1.54, 1.807) is 0 Å². The maximum Gasteiger partial charge on any atom is 0.117 e. The van der Waals surface area contributed by atoms with E-state index in [4.69, 9.17) is 0 Å². The molecule has 2 N–H and O–H groups in total. The first-order valence-electron chi connectivity index (χ1n) is 6.21. The van der Waals surface area contributed by atoms with E-state index in [1.165, 1.54) is 20.1 Å². The van der Waals surface area contributed by atoms with Crippen LogP contribution in [-0.4, -0.2) is 6.04 Å². The first kappa shape index (κ1) is 14.0. The molecule has 96 valence electrons. The standard InChI is InChI=1S/C15H17Br2N/c1-3-5-10-9-11-12(16)7-8-13(17)15(11)14(18-10)6-4-2/h3-4,7-8,10,14,18H,1-2,5-6,9H2/p+1/t10-,14+/m1/s1. The van der Waals surface area contributed by atoms with Crippen LogP contribution in [0.1, 0.15) is 30.0 Å².